The zero-order valence-electron chi connectivity index (χ0n) is 7.43. The van der Waals surface area contributed by atoms with Crippen LogP contribution in [0.4, 0.5) is 0 Å². The maximum atomic E-state index is 4.02. The molecule has 0 aromatic carbocycles. The average Bonchev–Trinajstić information content (AvgIpc) is 2.27. The highest BCUT2D eigenvalue weighted by molar-refractivity contribution is 5.85. The van der Waals surface area contributed by atoms with Crippen LogP contribution in [-0.2, 0) is 13.5 Å². The molecule has 1 aromatic heterocycles. The molecule has 1 aliphatic heterocycles. The van der Waals surface area contributed by atoms with E-state index < -0.39 is 0 Å². The zero-order valence-corrected chi connectivity index (χ0v) is 9.07. The number of nitrogens with one attached hydrogen (secondary N) is 1. The van der Waals surface area contributed by atoms with Gasteiger partial charge in [-0.3, -0.25) is 0 Å². The quantitative estimate of drug-likeness (QED) is 0.793. The van der Waals surface area contributed by atoms with Gasteiger partial charge in [-0.25, -0.2) is 0 Å². The van der Waals surface area contributed by atoms with Crippen molar-refractivity contribution in [1.82, 2.24) is 20.1 Å². The Morgan fingerprint density at radius 2 is 2.23 bits per heavy atom. The highest BCUT2D eigenvalue weighted by Crippen LogP contribution is 2.09. The van der Waals surface area contributed by atoms with Gasteiger partial charge in [0.1, 0.15) is 12.2 Å². The third-order valence-corrected chi connectivity index (χ3v) is 2.14. The molecule has 0 radical (unpaired) electrons. The predicted octanol–water partition coefficient (Wildman–Crippen LogP) is 0.421. The lowest BCUT2D eigenvalue weighted by atomic mass is 9.99. The number of rotatable bonds is 2. The summed E-state index contributed by atoms with van der Waals surface area (Å²) in [6.07, 6.45) is 2.81. The van der Waals surface area contributed by atoms with Crippen LogP contribution in [0.2, 0.25) is 0 Å². The molecule has 1 fully saturated rings. The van der Waals surface area contributed by atoms with Gasteiger partial charge in [-0.15, -0.1) is 35.0 Å². The van der Waals surface area contributed by atoms with Crippen LogP contribution in [0.5, 0.6) is 0 Å². The van der Waals surface area contributed by atoms with Crippen molar-refractivity contribution in [3.8, 4) is 0 Å². The first-order valence-corrected chi connectivity index (χ1v) is 3.90. The molecule has 1 aliphatic rings. The predicted molar refractivity (Wildman–Crippen MR) is 55.6 cm³/mol. The minimum Gasteiger partial charge on any atom is -0.321 e. The molecule has 1 saturated heterocycles. The largest absolute Gasteiger partial charge is 0.321 e. The van der Waals surface area contributed by atoms with Crippen LogP contribution in [0.3, 0.4) is 0 Å². The summed E-state index contributed by atoms with van der Waals surface area (Å²) in [5, 5.41) is 11.1. The third-order valence-electron chi connectivity index (χ3n) is 2.14. The summed E-state index contributed by atoms with van der Waals surface area (Å²) >= 11 is 0. The number of nitrogens with zero attached hydrogens (tertiary/aromatic N) is 3. The Labute approximate surface area is 89.9 Å². The second-order valence-corrected chi connectivity index (χ2v) is 3.09. The molecule has 76 valence electrons. The van der Waals surface area contributed by atoms with E-state index in [2.05, 4.69) is 15.5 Å². The molecule has 0 amide bonds. The fourth-order valence-electron chi connectivity index (χ4n) is 1.24. The van der Waals surface area contributed by atoms with Crippen molar-refractivity contribution in [3.05, 3.63) is 12.2 Å². The SMILES string of the molecule is Cl.Cl.Cn1cnnc1CC1CNC1. The van der Waals surface area contributed by atoms with Gasteiger partial charge in [0.15, 0.2) is 0 Å². The lowest BCUT2D eigenvalue weighted by Crippen LogP contribution is -2.43. The lowest BCUT2D eigenvalue weighted by Gasteiger charge is -2.26. The second-order valence-electron chi connectivity index (χ2n) is 3.09. The normalized spacial score (nSPS) is 15.5. The zero-order chi connectivity index (χ0) is 7.68. The Morgan fingerprint density at radius 1 is 1.54 bits per heavy atom. The molecule has 2 rings (SSSR count). The van der Waals surface area contributed by atoms with Crippen LogP contribution in [0.15, 0.2) is 6.33 Å². The summed E-state index contributed by atoms with van der Waals surface area (Å²) in [5.41, 5.74) is 0. The van der Waals surface area contributed by atoms with Gasteiger partial charge in [0.05, 0.1) is 0 Å². The second kappa shape index (κ2) is 5.42. The Balaban J connectivity index is 0.000000720. The van der Waals surface area contributed by atoms with Crippen molar-refractivity contribution in [3.63, 3.8) is 0 Å². The molecule has 0 unspecified atom stereocenters. The molecule has 1 aromatic rings. The first kappa shape index (κ1) is 12.7. The number of hydrogen-bond acceptors (Lipinski definition) is 3. The van der Waals surface area contributed by atoms with Gasteiger partial charge in [-0.2, -0.15) is 0 Å². The molecule has 0 aliphatic carbocycles. The molecule has 0 saturated carbocycles. The summed E-state index contributed by atoms with van der Waals surface area (Å²) < 4.78 is 1.98. The highest BCUT2D eigenvalue weighted by Gasteiger charge is 2.18. The molecule has 6 heteroatoms. The number of aromatic nitrogens is 3. The Kier molecular flexibility index (Phi) is 5.29. The first-order chi connectivity index (χ1) is 5.36. The molecule has 0 spiro atoms. The van der Waals surface area contributed by atoms with E-state index in [1.807, 2.05) is 11.6 Å². The summed E-state index contributed by atoms with van der Waals surface area (Å²) in [5.74, 6) is 1.87. The summed E-state index contributed by atoms with van der Waals surface area (Å²) in [6, 6.07) is 0. The Hall–Kier alpha value is -0.320. The summed E-state index contributed by atoms with van der Waals surface area (Å²) in [6.45, 7) is 2.26. The van der Waals surface area contributed by atoms with E-state index in [0.29, 0.717) is 0 Å². The third kappa shape index (κ3) is 2.83. The molecular formula is C7H14Cl2N4. The van der Waals surface area contributed by atoms with Crippen molar-refractivity contribution in [2.45, 2.75) is 6.42 Å². The van der Waals surface area contributed by atoms with E-state index in [-0.39, 0.29) is 24.8 Å². The van der Waals surface area contributed by atoms with Gasteiger partial charge >= 0.3 is 0 Å². The van der Waals surface area contributed by atoms with Crippen LogP contribution in [0.1, 0.15) is 5.82 Å². The van der Waals surface area contributed by atoms with Crippen LogP contribution >= 0.6 is 24.8 Å². The highest BCUT2D eigenvalue weighted by atomic mass is 35.5. The fourth-order valence-corrected chi connectivity index (χ4v) is 1.24. The van der Waals surface area contributed by atoms with Crippen molar-refractivity contribution < 1.29 is 0 Å². The van der Waals surface area contributed by atoms with Crippen molar-refractivity contribution >= 4 is 24.8 Å². The van der Waals surface area contributed by atoms with Gasteiger partial charge in [0.25, 0.3) is 0 Å². The smallest absolute Gasteiger partial charge is 0.132 e. The van der Waals surface area contributed by atoms with Crippen LogP contribution in [0, 0.1) is 5.92 Å². The Bertz CT molecular complexity index is 246. The van der Waals surface area contributed by atoms with E-state index in [9.17, 15) is 0 Å². The van der Waals surface area contributed by atoms with Crippen LogP contribution in [-0.4, -0.2) is 27.9 Å². The van der Waals surface area contributed by atoms with Gasteiger partial charge in [-0.1, -0.05) is 0 Å². The fraction of sp³-hybridized carbons (Fsp3) is 0.714. The minimum absolute atomic E-state index is 0. The van der Waals surface area contributed by atoms with E-state index in [1.54, 1.807) is 6.33 Å². The van der Waals surface area contributed by atoms with Gasteiger partial charge in [-0.05, 0) is 19.0 Å². The molecule has 0 bridgehead atoms. The summed E-state index contributed by atoms with van der Waals surface area (Å²) in [7, 11) is 1.99. The van der Waals surface area contributed by atoms with Crippen molar-refractivity contribution in [2.75, 3.05) is 13.1 Å². The van der Waals surface area contributed by atoms with Gasteiger partial charge < -0.3 is 9.88 Å². The minimum atomic E-state index is 0. The molecular weight excluding hydrogens is 211 g/mol. The monoisotopic (exact) mass is 224 g/mol. The molecule has 0 atom stereocenters. The van der Waals surface area contributed by atoms with E-state index in [4.69, 9.17) is 0 Å². The standard InChI is InChI=1S/C7H12N4.2ClH/c1-11-5-9-10-7(11)2-6-3-8-4-6;;/h5-6,8H,2-4H2,1H3;2*1H. The molecule has 1 N–H and O–H groups in total. The van der Waals surface area contributed by atoms with E-state index in [0.717, 1.165) is 31.3 Å². The van der Waals surface area contributed by atoms with Crippen molar-refractivity contribution in [1.29, 1.82) is 0 Å². The van der Waals surface area contributed by atoms with Crippen molar-refractivity contribution in [2.24, 2.45) is 13.0 Å². The van der Waals surface area contributed by atoms with E-state index in [1.165, 1.54) is 0 Å². The molecule has 4 nitrogen and oxygen atoms in total. The number of halogens is 2. The molecule has 2 heterocycles. The lowest BCUT2D eigenvalue weighted by molar-refractivity contribution is 0.338. The van der Waals surface area contributed by atoms with Gasteiger partial charge in [0.2, 0.25) is 0 Å². The number of aryl methyl sites for hydroxylation is 1. The maximum Gasteiger partial charge on any atom is 0.132 e. The topological polar surface area (TPSA) is 42.7 Å². The number of hydrogen-bond donors (Lipinski definition) is 1. The first-order valence-electron chi connectivity index (χ1n) is 3.90. The average molecular weight is 225 g/mol. The van der Waals surface area contributed by atoms with Crippen LogP contribution in [0.25, 0.3) is 0 Å². The van der Waals surface area contributed by atoms with Crippen LogP contribution < -0.4 is 5.32 Å². The summed E-state index contributed by atoms with van der Waals surface area (Å²) in [4.78, 5) is 0. The maximum absolute atomic E-state index is 4.02. The molecule has 13 heavy (non-hydrogen) atoms. The Morgan fingerprint density at radius 3 is 2.62 bits per heavy atom. The van der Waals surface area contributed by atoms with Gasteiger partial charge in [0, 0.05) is 13.5 Å². The van der Waals surface area contributed by atoms with E-state index >= 15 is 0 Å².